The Kier molecular flexibility index (Phi) is 10.4. The number of H-pyrrole nitrogens is 1. The molecule has 0 saturated carbocycles. The van der Waals surface area contributed by atoms with E-state index in [0.29, 0.717) is 19.4 Å². The van der Waals surface area contributed by atoms with Gasteiger partial charge in [-0.05, 0) is 28.3 Å². The predicted molar refractivity (Wildman–Crippen MR) is 149 cm³/mol. The number of benzene rings is 2. The number of aromatic amines is 1. The number of hydrogen-bond acceptors (Lipinski definition) is 8. The zero-order valence-electron chi connectivity index (χ0n) is 22.3. The van der Waals surface area contributed by atoms with E-state index in [0.717, 1.165) is 6.26 Å². The summed E-state index contributed by atoms with van der Waals surface area (Å²) in [5, 5.41) is 2.15. The second kappa shape index (κ2) is 13.3. The van der Waals surface area contributed by atoms with Crippen LogP contribution in [0.15, 0.2) is 77.7 Å². The Labute approximate surface area is 225 Å². The maximum Gasteiger partial charge on any atom is 0.298 e. The highest BCUT2D eigenvalue weighted by atomic mass is 32.2. The van der Waals surface area contributed by atoms with Gasteiger partial charge in [-0.2, -0.15) is 8.42 Å². The highest BCUT2D eigenvalue weighted by Crippen LogP contribution is 2.36. The first kappa shape index (κ1) is 29.7. The summed E-state index contributed by atoms with van der Waals surface area (Å²) < 4.78 is 46.1. The van der Waals surface area contributed by atoms with E-state index in [1.807, 2.05) is 36.4 Å². The molecule has 3 rings (SSSR count). The third kappa shape index (κ3) is 8.33. The van der Waals surface area contributed by atoms with E-state index in [9.17, 15) is 13.2 Å². The van der Waals surface area contributed by atoms with Crippen LogP contribution in [0.3, 0.4) is 0 Å². The Morgan fingerprint density at radius 1 is 0.921 bits per heavy atom. The molecule has 0 fully saturated rings. The van der Waals surface area contributed by atoms with Crippen molar-refractivity contribution in [2.75, 3.05) is 26.3 Å². The fourth-order valence-electron chi connectivity index (χ4n) is 4.36. The van der Waals surface area contributed by atoms with E-state index in [2.05, 4.69) is 55.0 Å². The highest BCUT2D eigenvalue weighted by Gasteiger charge is 2.50. The quantitative estimate of drug-likeness (QED) is 0.182. The number of hydrogen-bond donors (Lipinski definition) is 1. The zero-order chi connectivity index (χ0) is 27.7. The van der Waals surface area contributed by atoms with Crippen LogP contribution in [0.4, 0.5) is 0 Å². The van der Waals surface area contributed by atoms with Crippen LogP contribution in [0.5, 0.6) is 6.01 Å². The molecule has 1 heterocycles. The van der Waals surface area contributed by atoms with Crippen LogP contribution in [0, 0.1) is 0 Å². The van der Waals surface area contributed by atoms with Gasteiger partial charge < -0.3 is 13.9 Å². The molecule has 2 aromatic carbocycles. The molecule has 0 radical (unpaired) electrons. The van der Waals surface area contributed by atoms with Crippen LogP contribution in [0.2, 0.25) is 5.04 Å². The maximum atomic E-state index is 11.5. The van der Waals surface area contributed by atoms with Gasteiger partial charge in [0.05, 0.1) is 19.0 Å². The third-order valence-corrected chi connectivity index (χ3v) is 11.7. The lowest BCUT2D eigenvalue weighted by atomic mass is 10.2. The SMILES string of the molecule is CC(C)(C)[Si](OCCC(CCOS(C)(=O)=O)OCOc1nccc(=O)[nH]1)(c1ccccc1)c1ccccc1. The van der Waals surface area contributed by atoms with E-state index in [4.69, 9.17) is 18.1 Å². The molecule has 9 nitrogen and oxygen atoms in total. The van der Waals surface area contributed by atoms with Crippen molar-refractivity contribution in [1.82, 2.24) is 9.97 Å². The van der Waals surface area contributed by atoms with Gasteiger partial charge in [0.25, 0.3) is 30.0 Å². The summed E-state index contributed by atoms with van der Waals surface area (Å²) in [6.45, 7) is 6.76. The van der Waals surface area contributed by atoms with Crippen molar-refractivity contribution in [3.05, 3.63) is 83.3 Å². The highest BCUT2D eigenvalue weighted by molar-refractivity contribution is 7.85. The van der Waals surface area contributed by atoms with Crippen molar-refractivity contribution in [1.29, 1.82) is 0 Å². The number of nitrogens with one attached hydrogen (secondary N) is 1. The molecule has 0 amide bonds. The van der Waals surface area contributed by atoms with Gasteiger partial charge in [0, 0.05) is 18.9 Å². The fraction of sp³-hybridized carbons (Fsp3) is 0.407. The van der Waals surface area contributed by atoms with Crippen LogP contribution in [-0.4, -0.2) is 59.1 Å². The Morgan fingerprint density at radius 2 is 1.50 bits per heavy atom. The topological polar surface area (TPSA) is 117 Å². The lowest BCUT2D eigenvalue weighted by molar-refractivity contribution is -0.0535. The summed E-state index contributed by atoms with van der Waals surface area (Å²) >= 11 is 0. The minimum atomic E-state index is -3.58. The molecule has 0 aliphatic rings. The van der Waals surface area contributed by atoms with Gasteiger partial charge in [-0.15, -0.1) is 0 Å². The summed E-state index contributed by atoms with van der Waals surface area (Å²) in [7, 11) is -6.32. The molecule has 1 unspecified atom stereocenters. The van der Waals surface area contributed by atoms with Gasteiger partial charge in [-0.25, -0.2) is 4.98 Å². The number of rotatable bonds is 14. The van der Waals surface area contributed by atoms with Crippen molar-refractivity contribution in [3.8, 4) is 6.01 Å². The molecule has 1 aromatic heterocycles. The molecule has 206 valence electrons. The van der Waals surface area contributed by atoms with E-state index < -0.39 is 24.5 Å². The molecule has 0 saturated heterocycles. The lowest BCUT2D eigenvalue weighted by Crippen LogP contribution is -2.66. The minimum Gasteiger partial charge on any atom is -0.438 e. The molecular weight excluding hydrogens is 524 g/mol. The third-order valence-electron chi connectivity index (χ3n) is 6.06. The largest absolute Gasteiger partial charge is 0.438 e. The summed E-state index contributed by atoms with van der Waals surface area (Å²) in [5.41, 5.74) is -0.341. The molecule has 1 N–H and O–H groups in total. The maximum absolute atomic E-state index is 11.5. The number of aromatic nitrogens is 2. The van der Waals surface area contributed by atoms with E-state index in [1.54, 1.807) is 0 Å². The number of ether oxygens (including phenoxy) is 2. The molecular formula is C27H36N2O7SSi. The standard InChI is InChI=1S/C27H36N2O7SSi/c1-27(2,3)38(23-11-7-5-8-12-23,24-13-9-6-10-14-24)36-20-17-22(16-19-35-37(4,31)32)33-21-34-26-28-18-15-25(30)29-26/h5-15,18,22H,16-17,19-21H2,1-4H3,(H,28,29,30). The first-order chi connectivity index (χ1) is 18.0. The van der Waals surface area contributed by atoms with Crippen molar-refractivity contribution >= 4 is 28.8 Å². The Balaban J connectivity index is 1.77. The number of nitrogens with zero attached hydrogens (tertiary/aromatic N) is 1. The Morgan fingerprint density at radius 3 is 2.03 bits per heavy atom. The van der Waals surface area contributed by atoms with Crippen LogP contribution >= 0.6 is 0 Å². The normalized spacial score (nSPS) is 13.3. The Hall–Kier alpha value is -2.83. The van der Waals surface area contributed by atoms with Crippen molar-refractivity contribution in [3.63, 3.8) is 0 Å². The lowest BCUT2D eigenvalue weighted by Gasteiger charge is -2.43. The van der Waals surface area contributed by atoms with E-state index >= 15 is 0 Å². The van der Waals surface area contributed by atoms with E-state index in [-0.39, 0.29) is 30.0 Å². The van der Waals surface area contributed by atoms with Gasteiger partial charge in [-0.1, -0.05) is 81.4 Å². The van der Waals surface area contributed by atoms with Gasteiger partial charge in [0.15, 0.2) is 6.79 Å². The van der Waals surface area contributed by atoms with Gasteiger partial charge in [0.1, 0.15) is 0 Å². The van der Waals surface area contributed by atoms with Crippen molar-refractivity contribution in [2.24, 2.45) is 0 Å². The average molecular weight is 561 g/mol. The van der Waals surface area contributed by atoms with Crippen LogP contribution in [0.25, 0.3) is 0 Å². The summed E-state index contributed by atoms with van der Waals surface area (Å²) in [5.74, 6) is 0. The molecule has 1 atom stereocenters. The van der Waals surface area contributed by atoms with Gasteiger partial charge in [-0.3, -0.25) is 14.0 Å². The van der Waals surface area contributed by atoms with Crippen LogP contribution in [-0.2, 0) is 23.5 Å². The van der Waals surface area contributed by atoms with Gasteiger partial charge >= 0.3 is 0 Å². The minimum absolute atomic E-state index is 0.0344. The Bertz CT molecular complexity index is 1260. The average Bonchev–Trinajstić information content (AvgIpc) is 2.86. The summed E-state index contributed by atoms with van der Waals surface area (Å²) in [6, 6.07) is 21.9. The van der Waals surface area contributed by atoms with Crippen LogP contribution < -0.4 is 20.7 Å². The van der Waals surface area contributed by atoms with Crippen molar-refractivity contribution < 1.29 is 26.5 Å². The van der Waals surface area contributed by atoms with Crippen LogP contribution in [0.1, 0.15) is 33.6 Å². The first-order valence-electron chi connectivity index (χ1n) is 12.4. The molecule has 11 heteroatoms. The fourth-order valence-corrected chi connectivity index (χ4v) is 9.34. The molecule has 38 heavy (non-hydrogen) atoms. The second-order valence-electron chi connectivity index (χ2n) is 9.91. The summed E-state index contributed by atoms with van der Waals surface area (Å²) in [4.78, 5) is 17.9. The first-order valence-corrected chi connectivity index (χ1v) is 16.1. The van der Waals surface area contributed by atoms with Gasteiger partial charge in [0.2, 0.25) is 0 Å². The molecule has 0 spiro atoms. The predicted octanol–water partition coefficient (Wildman–Crippen LogP) is 2.82. The van der Waals surface area contributed by atoms with Crippen molar-refractivity contribution in [2.45, 2.75) is 44.8 Å². The summed E-state index contributed by atoms with van der Waals surface area (Å²) in [6.07, 6.45) is 2.70. The van der Waals surface area contributed by atoms with E-state index in [1.165, 1.54) is 22.6 Å². The molecule has 0 aliphatic carbocycles. The smallest absolute Gasteiger partial charge is 0.298 e. The molecule has 0 bridgehead atoms. The molecule has 3 aromatic rings. The monoisotopic (exact) mass is 560 g/mol. The molecule has 0 aliphatic heterocycles. The second-order valence-corrected chi connectivity index (χ2v) is 15.9. The zero-order valence-corrected chi connectivity index (χ0v) is 24.1.